The van der Waals surface area contributed by atoms with Crippen molar-refractivity contribution >= 4 is 5.82 Å². The first-order chi connectivity index (χ1) is 12.7. The lowest BCUT2D eigenvalue weighted by Gasteiger charge is -2.12. The third-order valence-electron chi connectivity index (χ3n) is 4.56. The molecule has 0 fully saturated rings. The number of nitrogens with two attached hydrogens (primary N) is 1. The van der Waals surface area contributed by atoms with Gasteiger partial charge in [0.15, 0.2) is 5.75 Å². The van der Waals surface area contributed by atoms with Crippen LogP contribution in [0.1, 0.15) is 11.1 Å². The van der Waals surface area contributed by atoms with E-state index in [9.17, 15) is 18.3 Å². The molecule has 0 unspecified atom stereocenters. The summed E-state index contributed by atoms with van der Waals surface area (Å²) in [7, 11) is 3.16. The molecule has 0 saturated heterocycles. The normalized spacial score (nSPS) is 11.6. The maximum Gasteiger partial charge on any atom is 0.416 e. The molecule has 3 aromatic rings. The first-order valence-electron chi connectivity index (χ1n) is 8.15. The van der Waals surface area contributed by atoms with Crippen molar-refractivity contribution in [3.8, 4) is 33.9 Å². The Morgan fingerprint density at radius 1 is 1.11 bits per heavy atom. The summed E-state index contributed by atoms with van der Waals surface area (Å²) in [6, 6.07) is 10.1. The van der Waals surface area contributed by atoms with Gasteiger partial charge in [0.05, 0.1) is 23.9 Å². The average Bonchev–Trinajstić information content (AvgIpc) is 2.83. The Balaban J connectivity index is 2.26. The molecule has 1 heterocycles. The topological polar surface area (TPSA) is 60.4 Å². The minimum Gasteiger partial charge on any atom is -0.505 e. The minimum atomic E-state index is -4.49. The highest BCUT2D eigenvalue weighted by atomic mass is 19.4. The number of aromatic nitrogens is 1. The van der Waals surface area contributed by atoms with Crippen LogP contribution in [0.25, 0.3) is 22.4 Å². The Labute approximate surface area is 154 Å². The largest absolute Gasteiger partial charge is 0.505 e. The van der Waals surface area contributed by atoms with Gasteiger partial charge in [-0.15, -0.1) is 0 Å². The number of aromatic hydroxyl groups is 1. The fraction of sp³-hybridized carbons (Fsp3) is 0.200. The van der Waals surface area contributed by atoms with E-state index in [0.717, 1.165) is 17.7 Å². The van der Waals surface area contributed by atoms with Gasteiger partial charge in [0.2, 0.25) is 0 Å². The number of anilines is 1. The van der Waals surface area contributed by atoms with E-state index in [-0.39, 0.29) is 22.7 Å². The van der Waals surface area contributed by atoms with Gasteiger partial charge in [-0.3, -0.25) is 0 Å². The molecule has 4 nitrogen and oxygen atoms in total. The highest BCUT2D eigenvalue weighted by molar-refractivity contribution is 5.91. The van der Waals surface area contributed by atoms with Crippen molar-refractivity contribution < 1.29 is 23.0 Å². The molecule has 2 aromatic carbocycles. The van der Waals surface area contributed by atoms with E-state index in [0.29, 0.717) is 17.0 Å². The van der Waals surface area contributed by atoms with Crippen molar-refractivity contribution in [2.45, 2.75) is 13.1 Å². The fourth-order valence-electron chi connectivity index (χ4n) is 3.24. The van der Waals surface area contributed by atoms with Crippen molar-refractivity contribution in [2.75, 3.05) is 12.8 Å². The Bertz CT molecular complexity index is 1010. The fourth-order valence-corrected chi connectivity index (χ4v) is 3.24. The molecule has 0 radical (unpaired) electrons. The molecule has 3 rings (SSSR count). The van der Waals surface area contributed by atoms with Gasteiger partial charge >= 0.3 is 6.18 Å². The molecule has 3 N–H and O–H groups in total. The van der Waals surface area contributed by atoms with Crippen molar-refractivity contribution in [1.82, 2.24) is 4.57 Å². The number of halogens is 3. The van der Waals surface area contributed by atoms with E-state index < -0.39 is 11.7 Å². The maximum atomic E-state index is 13.1. The van der Waals surface area contributed by atoms with E-state index in [2.05, 4.69) is 0 Å². The van der Waals surface area contributed by atoms with E-state index in [4.69, 9.17) is 10.5 Å². The Morgan fingerprint density at radius 3 is 2.41 bits per heavy atom. The molecule has 0 amide bonds. The second-order valence-corrected chi connectivity index (χ2v) is 6.25. The average molecular weight is 376 g/mol. The number of aryl methyl sites for hydroxylation is 1. The van der Waals surface area contributed by atoms with E-state index in [1.807, 2.05) is 13.0 Å². The summed E-state index contributed by atoms with van der Waals surface area (Å²) in [5, 5.41) is 10.9. The second kappa shape index (κ2) is 6.57. The van der Waals surface area contributed by atoms with Gasteiger partial charge in [0.25, 0.3) is 0 Å². The van der Waals surface area contributed by atoms with Crippen LogP contribution in [0.3, 0.4) is 0 Å². The molecular weight excluding hydrogens is 357 g/mol. The second-order valence-electron chi connectivity index (χ2n) is 6.25. The van der Waals surface area contributed by atoms with Crippen molar-refractivity contribution in [1.29, 1.82) is 0 Å². The smallest absolute Gasteiger partial charge is 0.416 e. The number of para-hydroxylation sites is 1. The number of nitrogen functional groups attached to an aromatic ring is 1. The lowest BCUT2D eigenvalue weighted by Crippen LogP contribution is -2.04. The summed E-state index contributed by atoms with van der Waals surface area (Å²) in [6.07, 6.45) is -4.49. The molecule has 0 saturated carbocycles. The van der Waals surface area contributed by atoms with Crippen LogP contribution in [0.2, 0.25) is 0 Å². The summed E-state index contributed by atoms with van der Waals surface area (Å²) < 4.78 is 46.2. The summed E-state index contributed by atoms with van der Waals surface area (Å²) in [5.41, 5.74) is 7.51. The zero-order valence-electron chi connectivity index (χ0n) is 15.1. The minimum absolute atomic E-state index is 0.155. The van der Waals surface area contributed by atoms with E-state index >= 15 is 0 Å². The SMILES string of the molecule is COc1c(C)cccc1-c1c(O)c(-c2cccc(C(F)(F)F)c2)c(N)n1C. The molecule has 0 aliphatic carbocycles. The molecule has 0 atom stereocenters. The number of hydrogen-bond acceptors (Lipinski definition) is 3. The van der Waals surface area contributed by atoms with Crippen LogP contribution in [0.4, 0.5) is 19.0 Å². The van der Waals surface area contributed by atoms with Crippen molar-refractivity contribution in [3.05, 3.63) is 53.6 Å². The van der Waals surface area contributed by atoms with Gasteiger partial charge in [0.1, 0.15) is 11.6 Å². The lowest BCUT2D eigenvalue weighted by molar-refractivity contribution is -0.137. The van der Waals surface area contributed by atoms with Crippen LogP contribution >= 0.6 is 0 Å². The van der Waals surface area contributed by atoms with Crippen molar-refractivity contribution in [2.24, 2.45) is 7.05 Å². The van der Waals surface area contributed by atoms with Crippen LogP contribution in [0.5, 0.6) is 11.5 Å². The first kappa shape index (κ1) is 18.7. The first-order valence-corrected chi connectivity index (χ1v) is 8.15. The van der Waals surface area contributed by atoms with Gasteiger partial charge in [-0.1, -0.05) is 24.3 Å². The monoisotopic (exact) mass is 376 g/mol. The number of rotatable bonds is 3. The molecular formula is C20H19F3N2O2. The Hall–Kier alpha value is -3.09. The predicted octanol–water partition coefficient (Wildman–Crippen LogP) is 4.98. The van der Waals surface area contributed by atoms with Gasteiger partial charge in [-0.2, -0.15) is 13.2 Å². The zero-order valence-corrected chi connectivity index (χ0v) is 15.1. The van der Waals surface area contributed by atoms with Gasteiger partial charge < -0.3 is 20.1 Å². The molecule has 1 aromatic heterocycles. The zero-order chi connectivity index (χ0) is 19.9. The lowest BCUT2D eigenvalue weighted by atomic mass is 10.0. The number of ether oxygens (including phenoxy) is 1. The summed E-state index contributed by atoms with van der Waals surface area (Å²) >= 11 is 0. The molecule has 0 bridgehead atoms. The van der Waals surface area contributed by atoms with Gasteiger partial charge in [-0.05, 0) is 36.2 Å². The third-order valence-corrected chi connectivity index (χ3v) is 4.56. The van der Waals surface area contributed by atoms with Crippen molar-refractivity contribution in [3.63, 3.8) is 0 Å². The number of methoxy groups -OCH3 is 1. The molecule has 0 aliphatic heterocycles. The molecule has 7 heteroatoms. The molecule has 0 spiro atoms. The molecule has 27 heavy (non-hydrogen) atoms. The van der Waals surface area contributed by atoms with Gasteiger partial charge in [-0.25, -0.2) is 0 Å². The van der Waals surface area contributed by atoms with Gasteiger partial charge in [0, 0.05) is 12.6 Å². The van der Waals surface area contributed by atoms with Crippen LogP contribution < -0.4 is 10.5 Å². The van der Waals surface area contributed by atoms with Crippen LogP contribution in [-0.4, -0.2) is 16.8 Å². The molecule has 0 aliphatic rings. The van der Waals surface area contributed by atoms with Crippen LogP contribution in [0.15, 0.2) is 42.5 Å². The summed E-state index contributed by atoms with van der Waals surface area (Å²) in [4.78, 5) is 0. The number of nitrogens with zero attached hydrogens (tertiary/aromatic N) is 1. The third kappa shape index (κ3) is 3.09. The highest BCUT2D eigenvalue weighted by Gasteiger charge is 2.31. The maximum absolute atomic E-state index is 13.1. The van der Waals surface area contributed by atoms with Crippen LogP contribution in [-0.2, 0) is 13.2 Å². The van der Waals surface area contributed by atoms with E-state index in [1.165, 1.54) is 19.2 Å². The number of benzene rings is 2. The van der Waals surface area contributed by atoms with Crippen LogP contribution in [0, 0.1) is 6.92 Å². The number of hydrogen-bond donors (Lipinski definition) is 2. The predicted molar refractivity (Wildman–Crippen MR) is 98.7 cm³/mol. The van der Waals surface area contributed by atoms with E-state index in [1.54, 1.807) is 23.7 Å². The summed E-state index contributed by atoms with van der Waals surface area (Å²) in [6.45, 7) is 1.86. The standard InChI is InChI=1S/C20H19F3N2O2/c1-11-6-4-9-14(18(11)27-3)16-17(26)15(19(24)25(16)2)12-7-5-8-13(10-12)20(21,22)23/h4-10,26H,24H2,1-3H3. The summed E-state index contributed by atoms with van der Waals surface area (Å²) in [5.74, 6) is 0.521. The Morgan fingerprint density at radius 2 is 1.78 bits per heavy atom. The highest BCUT2D eigenvalue weighted by Crippen LogP contribution is 2.47. The quantitative estimate of drug-likeness (QED) is 0.678. The molecule has 142 valence electrons. The number of alkyl halides is 3. The Kier molecular flexibility index (Phi) is 4.55.